The lowest BCUT2D eigenvalue weighted by Gasteiger charge is -2.08. The number of carbonyl (C=O) groups excluding carboxylic acids is 2. The van der Waals surface area contributed by atoms with Crippen LogP contribution in [0, 0.1) is 0 Å². The summed E-state index contributed by atoms with van der Waals surface area (Å²) in [5.74, 6) is -1.05. The number of benzene rings is 1. The second kappa shape index (κ2) is 8.30. The van der Waals surface area contributed by atoms with Gasteiger partial charge in [-0.1, -0.05) is 12.1 Å². The van der Waals surface area contributed by atoms with Gasteiger partial charge >= 0.3 is 12.1 Å². The van der Waals surface area contributed by atoms with Crippen LogP contribution in [0.4, 0.5) is 13.2 Å². The van der Waals surface area contributed by atoms with Gasteiger partial charge in [0.05, 0.1) is 6.42 Å². The number of nitrogens with one attached hydrogen (secondary N) is 1. The van der Waals surface area contributed by atoms with Gasteiger partial charge in [-0.05, 0) is 23.7 Å². The number of amides is 1. The first-order chi connectivity index (χ1) is 11.8. The van der Waals surface area contributed by atoms with Crippen LogP contribution >= 0.6 is 24.2 Å². The standard InChI is InChI=1S/C14H12F3N3O3S2/c15-14(16,17)5-6-18-11(21)9-3-1-8(2-4-9)10-19-12(25-20-10)13(22)23-7-24/h1-4,24H,5-7H2,(H,18,21). The Morgan fingerprint density at radius 1 is 1.24 bits per heavy atom. The number of thiol groups is 1. The maximum atomic E-state index is 12.1. The van der Waals surface area contributed by atoms with E-state index in [1.807, 2.05) is 0 Å². The maximum absolute atomic E-state index is 12.1. The molecular weight excluding hydrogens is 379 g/mol. The molecule has 1 aromatic carbocycles. The van der Waals surface area contributed by atoms with Crippen molar-refractivity contribution in [3.05, 3.63) is 34.8 Å². The maximum Gasteiger partial charge on any atom is 0.390 e. The quantitative estimate of drug-likeness (QED) is 0.450. The Labute approximate surface area is 150 Å². The van der Waals surface area contributed by atoms with Gasteiger partial charge in [-0.15, -0.1) is 12.6 Å². The third-order valence-corrected chi connectivity index (χ3v) is 3.72. The molecule has 0 atom stereocenters. The van der Waals surface area contributed by atoms with Gasteiger partial charge in [0.1, 0.15) is 5.94 Å². The molecule has 0 radical (unpaired) electrons. The molecule has 0 aliphatic rings. The molecule has 134 valence electrons. The molecule has 2 aromatic rings. The highest BCUT2D eigenvalue weighted by atomic mass is 32.1. The average Bonchev–Trinajstić information content (AvgIpc) is 3.04. The number of alkyl halides is 3. The van der Waals surface area contributed by atoms with E-state index < -0.39 is 31.0 Å². The van der Waals surface area contributed by atoms with Crippen molar-refractivity contribution in [3.63, 3.8) is 0 Å². The van der Waals surface area contributed by atoms with Gasteiger partial charge in [0, 0.05) is 17.7 Å². The van der Waals surface area contributed by atoms with Gasteiger partial charge in [-0.25, -0.2) is 9.78 Å². The molecule has 1 heterocycles. The third kappa shape index (κ3) is 5.71. The zero-order valence-electron chi connectivity index (χ0n) is 12.5. The molecule has 0 aliphatic carbocycles. The van der Waals surface area contributed by atoms with Gasteiger partial charge in [-0.3, -0.25) is 4.79 Å². The van der Waals surface area contributed by atoms with Crippen molar-refractivity contribution < 1.29 is 27.5 Å². The lowest BCUT2D eigenvalue weighted by atomic mass is 10.1. The number of esters is 1. The van der Waals surface area contributed by atoms with E-state index in [0.717, 1.165) is 11.5 Å². The van der Waals surface area contributed by atoms with Gasteiger partial charge in [0.25, 0.3) is 5.91 Å². The first kappa shape index (κ1) is 19.2. The number of carbonyl (C=O) groups is 2. The topological polar surface area (TPSA) is 81.2 Å². The monoisotopic (exact) mass is 391 g/mol. The largest absolute Gasteiger partial charge is 0.450 e. The summed E-state index contributed by atoms with van der Waals surface area (Å²) in [5, 5.41) is 2.26. The summed E-state index contributed by atoms with van der Waals surface area (Å²) in [7, 11) is 0. The number of nitrogens with zero attached hydrogens (tertiary/aromatic N) is 2. The van der Waals surface area contributed by atoms with Crippen LogP contribution in [0.1, 0.15) is 26.6 Å². The lowest BCUT2D eigenvalue weighted by molar-refractivity contribution is -0.133. The molecule has 25 heavy (non-hydrogen) atoms. The fourth-order valence-corrected chi connectivity index (χ4v) is 2.43. The van der Waals surface area contributed by atoms with Gasteiger partial charge in [0.15, 0.2) is 5.82 Å². The molecule has 1 N–H and O–H groups in total. The predicted octanol–water partition coefficient (Wildman–Crippen LogP) is 2.93. The third-order valence-electron chi connectivity index (χ3n) is 2.90. The minimum atomic E-state index is -4.32. The van der Waals surface area contributed by atoms with Crippen molar-refractivity contribution in [2.45, 2.75) is 12.6 Å². The second-order valence-electron chi connectivity index (χ2n) is 4.68. The van der Waals surface area contributed by atoms with E-state index >= 15 is 0 Å². The highest BCUT2D eigenvalue weighted by molar-refractivity contribution is 7.80. The molecule has 1 amide bonds. The molecule has 0 bridgehead atoms. The molecule has 11 heteroatoms. The molecule has 6 nitrogen and oxygen atoms in total. The van der Waals surface area contributed by atoms with E-state index in [2.05, 4.69) is 32.0 Å². The van der Waals surface area contributed by atoms with E-state index in [4.69, 9.17) is 0 Å². The fourth-order valence-electron chi connectivity index (χ4n) is 1.73. The molecule has 0 saturated heterocycles. The van der Waals surface area contributed by atoms with Crippen LogP contribution in [-0.4, -0.2) is 39.9 Å². The molecule has 0 fully saturated rings. The van der Waals surface area contributed by atoms with Gasteiger partial charge in [-0.2, -0.15) is 17.5 Å². The van der Waals surface area contributed by atoms with Crippen LogP contribution in [0.3, 0.4) is 0 Å². The number of aromatic nitrogens is 2. The Morgan fingerprint density at radius 2 is 1.92 bits per heavy atom. The highest BCUT2D eigenvalue weighted by Gasteiger charge is 2.26. The van der Waals surface area contributed by atoms with Crippen LogP contribution in [0.5, 0.6) is 0 Å². The van der Waals surface area contributed by atoms with Gasteiger partial charge in [0.2, 0.25) is 5.01 Å². The Hall–Kier alpha value is -2.14. The average molecular weight is 391 g/mol. The summed E-state index contributed by atoms with van der Waals surface area (Å²) in [6.07, 6.45) is -5.41. The minimum absolute atomic E-state index is 0.0676. The summed E-state index contributed by atoms with van der Waals surface area (Å²) in [5.41, 5.74) is 0.754. The Balaban J connectivity index is 2.00. The van der Waals surface area contributed by atoms with Crippen LogP contribution in [0.25, 0.3) is 11.4 Å². The first-order valence-corrected chi connectivity index (χ1v) is 8.28. The SMILES string of the molecule is O=C(NCCC(F)(F)F)c1ccc(-c2nsc(C(=O)OCS)n2)cc1. The van der Waals surface area contributed by atoms with E-state index in [0.29, 0.717) is 5.56 Å². The van der Waals surface area contributed by atoms with Crippen LogP contribution in [-0.2, 0) is 4.74 Å². The van der Waals surface area contributed by atoms with Crippen molar-refractivity contribution in [1.29, 1.82) is 0 Å². The Morgan fingerprint density at radius 3 is 2.52 bits per heavy atom. The van der Waals surface area contributed by atoms with Crippen LogP contribution < -0.4 is 5.32 Å². The Kier molecular flexibility index (Phi) is 6.37. The molecule has 0 spiro atoms. The number of hydrogen-bond acceptors (Lipinski definition) is 7. The lowest BCUT2D eigenvalue weighted by Crippen LogP contribution is -2.27. The summed E-state index contributed by atoms with van der Waals surface area (Å²) >= 11 is 4.63. The first-order valence-electron chi connectivity index (χ1n) is 6.87. The van der Waals surface area contributed by atoms with Crippen molar-refractivity contribution in [1.82, 2.24) is 14.7 Å². The normalized spacial score (nSPS) is 11.2. The molecular formula is C14H12F3N3O3S2. The van der Waals surface area contributed by atoms with Crippen LogP contribution in [0.2, 0.25) is 0 Å². The van der Waals surface area contributed by atoms with Crippen molar-refractivity contribution in [2.75, 3.05) is 12.5 Å². The zero-order chi connectivity index (χ0) is 18.4. The van der Waals surface area contributed by atoms with E-state index in [9.17, 15) is 22.8 Å². The summed E-state index contributed by atoms with van der Waals surface area (Å²) in [6, 6.07) is 5.94. The van der Waals surface area contributed by atoms with E-state index in [1.54, 1.807) is 0 Å². The molecule has 0 unspecified atom stereocenters. The molecule has 0 aliphatic heterocycles. The van der Waals surface area contributed by atoms with Gasteiger partial charge < -0.3 is 10.1 Å². The van der Waals surface area contributed by atoms with Crippen molar-refractivity contribution in [2.24, 2.45) is 0 Å². The summed E-state index contributed by atoms with van der Waals surface area (Å²) in [6.45, 7) is -0.492. The van der Waals surface area contributed by atoms with Crippen LogP contribution in [0.15, 0.2) is 24.3 Å². The molecule has 0 saturated carbocycles. The van der Waals surface area contributed by atoms with Crippen molar-refractivity contribution >= 4 is 36.0 Å². The number of rotatable bonds is 6. The second-order valence-corrected chi connectivity index (χ2v) is 5.69. The highest BCUT2D eigenvalue weighted by Crippen LogP contribution is 2.20. The fraction of sp³-hybridized carbons (Fsp3) is 0.286. The summed E-state index contributed by atoms with van der Waals surface area (Å²) in [4.78, 5) is 27.3. The summed E-state index contributed by atoms with van der Waals surface area (Å²) < 4.78 is 44.9. The van der Waals surface area contributed by atoms with E-state index in [-0.39, 0.29) is 22.3 Å². The zero-order valence-corrected chi connectivity index (χ0v) is 14.3. The van der Waals surface area contributed by atoms with Crippen molar-refractivity contribution in [3.8, 4) is 11.4 Å². The Bertz CT molecular complexity index is 748. The molecule has 2 rings (SSSR count). The molecule has 1 aromatic heterocycles. The van der Waals surface area contributed by atoms with E-state index in [1.165, 1.54) is 24.3 Å². The predicted molar refractivity (Wildman–Crippen MR) is 87.6 cm³/mol. The smallest absolute Gasteiger partial charge is 0.390 e. The minimum Gasteiger partial charge on any atom is -0.450 e. The number of halogens is 3. The number of ether oxygens (including phenoxy) is 1. The number of hydrogen-bond donors (Lipinski definition) is 2.